The molecule has 1 aromatic heterocycles. The van der Waals surface area contributed by atoms with Crippen molar-refractivity contribution >= 4 is 23.1 Å². The zero-order valence-corrected chi connectivity index (χ0v) is 8.61. The molecule has 0 amide bonds. The number of carbonyl (C=O) groups excluding carboxylic acids is 1. The minimum absolute atomic E-state index is 0.246. The predicted molar refractivity (Wildman–Crippen MR) is 60.0 cm³/mol. The van der Waals surface area contributed by atoms with E-state index in [1.807, 2.05) is 0 Å². The Kier molecular flexibility index (Phi) is 2.59. The average molecular weight is 218 g/mol. The zero-order chi connectivity index (χ0) is 11.5. The van der Waals surface area contributed by atoms with Crippen LogP contribution in [-0.4, -0.2) is 23.0 Å². The third-order valence-electron chi connectivity index (χ3n) is 2.15. The van der Waals surface area contributed by atoms with Gasteiger partial charge in [0, 0.05) is 6.08 Å². The number of esters is 1. The topological polar surface area (TPSA) is 75.0 Å². The molecular weight excluding hydrogens is 208 g/mol. The monoisotopic (exact) mass is 218 g/mol. The zero-order valence-electron chi connectivity index (χ0n) is 8.61. The van der Waals surface area contributed by atoms with Crippen LogP contribution in [0.4, 0.5) is 0 Å². The Balaban J connectivity index is 2.35. The Labute approximate surface area is 90.7 Å². The van der Waals surface area contributed by atoms with Crippen LogP contribution in [0.3, 0.4) is 0 Å². The van der Waals surface area contributed by atoms with Crippen molar-refractivity contribution < 1.29 is 9.53 Å². The molecule has 2 N–H and O–H groups in total. The second kappa shape index (κ2) is 4.06. The van der Waals surface area contributed by atoms with Gasteiger partial charge < -0.3 is 14.7 Å². The minimum atomic E-state index is -0.414. The molecule has 5 heteroatoms. The Morgan fingerprint density at radius 3 is 2.81 bits per heavy atom. The van der Waals surface area contributed by atoms with Gasteiger partial charge in [0.15, 0.2) is 0 Å². The number of benzene rings is 1. The van der Waals surface area contributed by atoms with Crippen LogP contribution in [0.2, 0.25) is 0 Å². The van der Waals surface area contributed by atoms with Crippen LogP contribution in [0.1, 0.15) is 5.56 Å². The van der Waals surface area contributed by atoms with Crippen molar-refractivity contribution in [2.24, 2.45) is 0 Å². The number of methoxy groups -OCH3 is 1. The summed E-state index contributed by atoms with van der Waals surface area (Å²) in [6, 6.07) is 5.34. The van der Waals surface area contributed by atoms with E-state index in [-0.39, 0.29) is 5.69 Å². The number of carbonyl (C=O) groups is 1. The summed E-state index contributed by atoms with van der Waals surface area (Å²) in [6.45, 7) is 0. The van der Waals surface area contributed by atoms with Crippen LogP contribution >= 0.6 is 0 Å². The summed E-state index contributed by atoms with van der Waals surface area (Å²) in [5.41, 5.74) is 2.01. The van der Waals surface area contributed by atoms with Crippen molar-refractivity contribution in [3.8, 4) is 0 Å². The van der Waals surface area contributed by atoms with Crippen LogP contribution in [0.5, 0.6) is 0 Å². The van der Waals surface area contributed by atoms with Crippen molar-refractivity contribution in [1.29, 1.82) is 0 Å². The van der Waals surface area contributed by atoms with Crippen molar-refractivity contribution in [2.75, 3.05) is 7.11 Å². The number of imidazole rings is 1. The first kappa shape index (κ1) is 10.2. The summed E-state index contributed by atoms with van der Waals surface area (Å²) in [5, 5.41) is 0. The molecule has 5 nitrogen and oxygen atoms in total. The van der Waals surface area contributed by atoms with Gasteiger partial charge in [-0.25, -0.2) is 9.59 Å². The predicted octanol–water partition coefficient (Wildman–Crippen LogP) is 1.04. The fourth-order valence-electron chi connectivity index (χ4n) is 1.39. The van der Waals surface area contributed by atoms with Gasteiger partial charge in [-0.3, -0.25) is 0 Å². The Morgan fingerprint density at radius 2 is 2.06 bits per heavy atom. The lowest BCUT2D eigenvalue weighted by Gasteiger charge is -1.93. The van der Waals surface area contributed by atoms with Gasteiger partial charge in [0.05, 0.1) is 18.1 Å². The molecule has 1 aromatic carbocycles. The second-order valence-corrected chi connectivity index (χ2v) is 3.24. The summed E-state index contributed by atoms with van der Waals surface area (Å²) in [7, 11) is 1.32. The molecule has 0 bridgehead atoms. The molecule has 0 saturated carbocycles. The molecule has 0 unspecified atom stereocenters. The molecule has 2 aromatic rings. The summed E-state index contributed by atoms with van der Waals surface area (Å²) in [5.74, 6) is -0.414. The molecule has 0 fully saturated rings. The van der Waals surface area contributed by atoms with Crippen LogP contribution in [0.15, 0.2) is 29.1 Å². The van der Waals surface area contributed by atoms with Crippen molar-refractivity contribution in [3.63, 3.8) is 0 Å². The normalized spacial score (nSPS) is 11.1. The van der Waals surface area contributed by atoms with E-state index in [2.05, 4.69) is 14.7 Å². The average Bonchev–Trinajstić information content (AvgIpc) is 2.65. The molecule has 0 aliphatic rings. The number of aromatic amines is 2. The highest BCUT2D eigenvalue weighted by atomic mass is 16.5. The maximum Gasteiger partial charge on any atom is 0.330 e. The first-order valence-corrected chi connectivity index (χ1v) is 4.67. The highest BCUT2D eigenvalue weighted by molar-refractivity contribution is 5.88. The van der Waals surface area contributed by atoms with Crippen molar-refractivity contribution in [3.05, 3.63) is 40.3 Å². The van der Waals surface area contributed by atoms with Gasteiger partial charge in [-0.15, -0.1) is 0 Å². The Bertz CT molecular complexity index is 607. The summed E-state index contributed by atoms with van der Waals surface area (Å²) >= 11 is 0. The lowest BCUT2D eigenvalue weighted by Crippen LogP contribution is -1.99. The first-order chi connectivity index (χ1) is 7.69. The molecule has 0 aliphatic carbocycles. The smallest absolute Gasteiger partial charge is 0.330 e. The summed E-state index contributed by atoms with van der Waals surface area (Å²) in [4.78, 5) is 27.2. The van der Waals surface area contributed by atoms with E-state index >= 15 is 0 Å². The highest BCUT2D eigenvalue weighted by Crippen LogP contribution is 2.11. The van der Waals surface area contributed by atoms with Crippen LogP contribution in [0, 0.1) is 0 Å². The number of ether oxygens (including phenoxy) is 1. The van der Waals surface area contributed by atoms with E-state index in [1.165, 1.54) is 13.2 Å². The van der Waals surface area contributed by atoms with Gasteiger partial charge in [-0.1, -0.05) is 6.07 Å². The first-order valence-electron chi connectivity index (χ1n) is 4.67. The van der Waals surface area contributed by atoms with E-state index in [1.54, 1.807) is 24.3 Å². The number of hydrogen-bond acceptors (Lipinski definition) is 3. The maximum atomic E-state index is 11.0. The molecule has 0 aliphatic heterocycles. The van der Waals surface area contributed by atoms with Gasteiger partial charge >= 0.3 is 11.7 Å². The maximum absolute atomic E-state index is 11.0. The van der Waals surface area contributed by atoms with Gasteiger partial charge in [-0.05, 0) is 23.8 Å². The Hall–Kier alpha value is -2.30. The van der Waals surface area contributed by atoms with E-state index in [0.29, 0.717) is 5.52 Å². The van der Waals surface area contributed by atoms with Crippen LogP contribution in [-0.2, 0) is 9.53 Å². The van der Waals surface area contributed by atoms with Crippen LogP contribution in [0.25, 0.3) is 17.1 Å². The van der Waals surface area contributed by atoms with Gasteiger partial charge in [-0.2, -0.15) is 0 Å². The summed E-state index contributed by atoms with van der Waals surface area (Å²) in [6.07, 6.45) is 2.95. The third kappa shape index (κ3) is 2.03. The molecule has 0 saturated heterocycles. The number of fused-ring (bicyclic) bond motifs is 1. The number of H-pyrrole nitrogens is 2. The van der Waals surface area contributed by atoms with E-state index in [0.717, 1.165) is 11.1 Å². The molecule has 16 heavy (non-hydrogen) atoms. The summed E-state index contributed by atoms with van der Waals surface area (Å²) < 4.78 is 4.47. The molecule has 2 rings (SSSR count). The molecule has 0 spiro atoms. The standard InChI is InChI=1S/C11H10N2O3/c1-16-10(14)5-3-7-2-4-8-9(6-7)13-11(15)12-8/h2-6H,1H3,(H2,12,13,15). The van der Waals surface area contributed by atoms with Gasteiger partial charge in [0.25, 0.3) is 0 Å². The quantitative estimate of drug-likeness (QED) is 0.584. The lowest BCUT2D eigenvalue weighted by atomic mass is 10.2. The number of hydrogen-bond donors (Lipinski definition) is 2. The highest BCUT2D eigenvalue weighted by Gasteiger charge is 1.98. The fourth-order valence-corrected chi connectivity index (χ4v) is 1.39. The van der Waals surface area contributed by atoms with Crippen LogP contribution < -0.4 is 5.69 Å². The minimum Gasteiger partial charge on any atom is -0.466 e. The number of aromatic nitrogens is 2. The molecule has 82 valence electrons. The van der Waals surface area contributed by atoms with E-state index in [9.17, 15) is 9.59 Å². The number of nitrogens with one attached hydrogen (secondary N) is 2. The fraction of sp³-hybridized carbons (Fsp3) is 0.0909. The van der Waals surface area contributed by atoms with Crippen molar-refractivity contribution in [2.45, 2.75) is 0 Å². The SMILES string of the molecule is COC(=O)C=Cc1ccc2[nH]c(=O)[nH]c2c1. The largest absolute Gasteiger partial charge is 0.466 e. The van der Waals surface area contributed by atoms with Gasteiger partial charge in [0.2, 0.25) is 0 Å². The molecule has 0 radical (unpaired) electrons. The number of rotatable bonds is 2. The molecular formula is C11H10N2O3. The van der Waals surface area contributed by atoms with E-state index in [4.69, 9.17) is 0 Å². The second-order valence-electron chi connectivity index (χ2n) is 3.24. The molecule has 0 atom stereocenters. The third-order valence-corrected chi connectivity index (χ3v) is 2.15. The Morgan fingerprint density at radius 1 is 1.31 bits per heavy atom. The van der Waals surface area contributed by atoms with Crippen molar-refractivity contribution in [1.82, 2.24) is 9.97 Å². The van der Waals surface area contributed by atoms with Gasteiger partial charge in [0.1, 0.15) is 0 Å². The molecule has 1 heterocycles. The van der Waals surface area contributed by atoms with E-state index < -0.39 is 5.97 Å². The lowest BCUT2D eigenvalue weighted by molar-refractivity contribution is -0.134.